The largest absolute Gasteiger partial charge is 0.326 e. The average molecular weight is 439 g/mol. The number of amides is 1. The van der Waals surface area contributed by atoms with E-state index >= 15 is 0 Å². The van der Waals surface area contributed by atoms with Crippen molar-refractivity contribution in [3.05, 3.63) is 93.8 Å². The van der Waals surface area contributed by atoms with Crippen LogP contribution in [0, 0.1) is 0 Å². The summed E-state index contributed by atoms with van der Waals surface area (Å²) in [5.41, 5.74) is 3.34. The molecule has 0 saturated heterocycles. The molecule has 29 heavy (non-hydrogen) atoms. The van der Waals surface area contributed by atoms with Crippen LogP contribution in [0.2, 0.25) is 10.0 Å². The summed E-state index contributed by atoms with van der Waals surface area (Å²) in [7, 11) is 0. The first kappa shape index (κ1) is 19.6. The number of carbonyl (C=O) groups excluding carboxylic acids is 1. The van der Waals surface area contributed by atoms with Gasteiger partial charge in [-0.15, -0.1) is 11.3 Å². The molecule has 0 atom stereocenters. The fourth-order valence-electron chi connectivity index (χ4n) is 2.93. The van der Waals surface area contributed by atoms with Crippen molar-refractivity contribution in [2.75, 3.05) is 5.32 Å². The normalized spacial score (nSPS) is 10.7. The Hall–Kier alpha value is -2.66. The van der Waals surface area contributed by atoms with Gasteiger partial charge < -0.3 is 5.32 Å². The highest BCUT2D eigenvalue weighted by Gasteiger charge is 2.18. The molecule has 6 heteroatoms. The number of thiazole rings is 1. The monoisotopic (exact) mass is 438 g/mol. The Balaban J connectivity index is 1.66. The summed E-state index contributed by atoms with van der Waals surface area (Å²) < 4.78 is 0. The number of carbonyl (C=O) groups is 1. The fraction of sp³-hybridized carbons (Fsp3) is 0.0435. The number of anilines is 1. The topological polar surface area (TPSA) is 42.0 Å². The predicted molar refractivity (Wildman–Crippen MR) is 122 cm³/mol. The van der Waals surface area contributed by atoms with Crippen molar-refractivity contribution in [3.8, 4) is 21.8 Å². The lowest BCUT2D eigenvalue weighted by atomic mass is 10.1. The van der Waals surface area contributed by atoms with Crippen molar-refractivity contribution in [3.63, 3.8) is 0 Å². The van der Waals surface area contributed by atoms with Crippen molar-refractivity contribution < 1.29 is 4.79 Å². The van der Waals surface area contributed by atoms with E-state index in [1.807, 2.05) is 54.6 Å². The molecular formula is C23H16Cl2N2OS. The van der Waals surface area contributed by atoms with Crippen LogP contribution in [0.4, 0.5) is 5.69 Å². The summed E-state index contributed by atoms with van der Waals surface area (Å²) in [4.78, 5) is 18.4. The molecule has 1 amide bonds. The second kappa shape index (κ2) is 8.78. The van der Waals surface area contributed by atoms with E-state index in [1.54, 1.807) is 24.3 Å². The third-order valence-electron chi connectivity index (χ3n) is 4.30. The molecule has 1 aromatic heterocycles. The van der Waals surface area contributed by atoms with Crippen LogP contribution in [-0.2, 0) is 11.2 Å². The maximum atomic E-state index is 12.7. The van der Waals surface area contributed by atoms with Gasteiger partial charge in [-0.05, 0) is 30.3 Å². The van der Waals surface area contributed by atoms with Gasteiger partial charge in [0.1, 0.15) is 5.01 Å². The molecule has 3 nitrogen and oxygen atoms in total. The summed E-state index contributed by atoms with van der Waals surface area (Å²) in [6.45, 7) is 0. The molecule has 1 heterocycles. The summed E-state index contributed by atoms with van der Waals surface area (Å²) in [6, 6.07) is 24.5. The highest BCUT2D eigenvalue weighted by molar-refractivity contribution is 7.15. The van der Waals surface area contributed by atoms with Gasteiger partial charge in [0.25, 0.3) is 0 Å². The highest BCUT2D eigenvalue weighted by atomic mass is 35.5. The van der Waals surface area contributed by atoms with E-state index in [-0.39, 0.29) is 12.3 Å². The second-order valence-electron chi connectivity index (χ2n) is 6.37. The molecule has 0 bridgehead atoms. The van der Waals surface area contributed by atoms with Gasteiger partial charge in [-0.3, -0.25) is 4.79 Å². The minimum Gasteiger partial charge on any atom is -0.326 e. The molecular weight excluding hydrogens is 423 g/mol. The first-order valence-corrected chi connectivity index (χ1v) is 10.5. The average Bonchev–Trinajstić information content (AvgIpc) is 3.14. The summed E-state index contributed by atoms with van der Waals surface area (Å²) >= 11 is 13.8. The molecule has 3 aromatic carbocycles. The van der Waals surface area contributed by atoms with Gasteiger partial charge >= 0.3 is 0 Å². The minimum atomic E-state index is -0.112. The van der Waals surface area contributed by atoms with Crippen molar-refractivity contribution in [2.45, 2.75) is 6.42 Å². The third-order valence-corrected chi connectivity index (χ3v) is 5.97. The maximum absolute atomic E-state index is 12.7. The molecule has 0 radical (unpaired) electrons. The van der Waals surface area contributed by atoms with Gasteiger partial charge in [-0.1, -0.05) is 71.7 Å². The van der Waals surface area contributed by atoms with Crippen molar-refractivity contribution in [2.24, 2.45) is 0 Å². The Bertz CT molecular complexity index is 1140. The number of nitrogens with zero attached hydrogens (tertiary/aromatic N) is 1. The molecule has 0 aliphatic carbocycles. The van der Waals surface area contributed by atoms with Crippen LogP contribution >= 0.6 is 34.5 Å². The van der Waals surface area contributed by atoms with Crippen LogP contribution in [0.15, 0.2) is 78.9 Å². The van der Waals surface area contributed by atoms with Crippen LogP contribution in [0.5, 0.6) is 0 Å². The van der Waals surface area contributed by atoms with Crippen LogP contribution in [0.25, 0.3) is 21.8 Å². The standard InChI is InChI=1S/C23H16Cl2N2OS/c24-16-10-12-17(13-11-16)26-21(28)14-20-22(15-6-2-1-3-7-15)27-23(29-20)18-8-4-5-9-19(18)25/h1-13H,14H2,(H,26,28). The van der Waals surface area contributed by atoms with E-state index in [1.165, 1.54) is 11.3 Å². The van der Waals surface area contributed by atoms with Gasteiger partial charge in [-0.2, -0.15) is 0 Å². The molecule has 144 valence electrons. The molecule has 0 spiro atoms. The number of aromatic nitrogens is 1. The number of hydrogen-bond donors (Lipinski definition) is 1. The number of nitrogens with one attached hydrogen (secondary N) is 1. The van der Waals surface area contributed by atoms with Crippen molar-refractivity contribution in [1.82, 2.24) is 4.98 Å². The Morgan fingerprint density at radius 3 is 2.31 bits per heavy atom. The summed E-state index contributed by atoms with van der Waals surface area (Å²) in [5.74, 6) is -0.112. The van der Waals surface area contributed by atoms with Gasteiger partial charge in [-0.25, -0.2) is 4.98 Å². The van der Waals surface area contributed by atoms with E-state index in [2.05, 4.69) is 5.32 Å². The second-order valence-corrected chi connectivity index (χ2v) is 8.30. The molecule has 0 saturated carbocycles. The van der Waals surface area contributed by atoms with Crippen LogP contribution in [0.1, 0.15) is 4.88 Å². The maximum Gasteiger partial charge on any atom is 0.229 e. The number of benzene rings is 3. The minimum absolute atomic E-state index is 0.112. The fourth-order valence-corrected chi connectivity index (χ4v) is 4.46. The lowest BCUT2D eigenvalue weighted by Gasteiger charge is -2.05. The highest BCUT2D eigenvalue weighted by Crippen LogP contribution is 2.37. The number of hydrogen-bond acceptors (Lipinski definition) is 3. The van der Waals surface area contributed by atoms with E-state index in [9.17, 15) is 4.79 Å². The first-order valence-electron chi connectivity index (χ1n) is 8.95. The van der Waals surface area contributed by atoms with E-state index in [0.29, 0.717) is 15.7 Å². The Labute approximate surface area is 183 Å². The third kappa shape index (κ3) is 4.67. The molecule has 4 rings (SSSR count). The lowest BCUT2D eigenvalue weighted by molar-refractivity contribution is -0.115. The molecule has 0 aliphatic heterocycles. The number of halogens is 2. The lowest BCUT2D eigenvalue weighted by Crippen LogP contribution is -2.14. The Morgan fingerprint density at radius 2 is 1.59 bits per heavy atom. The molecule has 0 aliphatic rings. The first-order chi connectivity index (χ1) is 14.1. The molecule has 1 N–H and O–H groups in total. The summed E-state index contributed by atoms with van der Waals surface area (Å²) in [6.07, 6.45) is 0.217. The Morgan fingerprint density at radius 1 is 0.897 bits per heavy atom. The van der Waals surface area contributed by atoms with E-state index < -0.39 is 0 Å². The molecule has 0 fully saturated rings. The smallest absolute Gasteiger partial charge is 0.229 e. The zero-order valence-electron chi connectivity index (χ0n) is 15.2. The summed E-state index contributed by atoms with van der Waals surface area (Å²) in [5, 5.41) is 4.97. The van der Waals surface area contributed by atoms with Crippen LogP contribution in [0.3, 0.4) is 0 Å². The van der Waals surface area contributed by atoms with Crippen molar-refractivity contribution in [1.29, 1.82) is 0 Å². The predicted octanol–water partition coefficient (Wildman–Crippen LogP) is 6.97. The SMILES string of the molecule is O=C(Cc1sc(-c2ccccc2Cl)nc1-c1ccccc1)Nc1ccc(Cl)cc1. The van der Waals surface area contributed by atoms with Gasteiger partial charge in [0.05, 0.1) is 17.1 Å². The van der Waals surface area contributed by atoms with E-state index in [4.69, 9.17) is 28.2 Å². The van der Waals surface area contributed by atoms with Crippen molar-refractivity contribution >= 4 is 46.1 Å². The van der Waals surface area contributed by atoms with Gasteiger partial charge in [0, 0.05) is 26.7 Å². The van der Waals surface area contributed by atoms with Crippen LogP contribution < -0.4 is 5.32 Å². The van der Waals surface area contributed by atoms with Gasteiger partial charge in [0.15, 0.2) is 0 Å². The molecule has 0 unspecified atom stereocenters. The van der Waals surface area contributed by atoms with Crippen LogP contribution in [-0.4, -0.2) is 10.9 Å². The van der Waals surface area contributed by atoms with E-state index in [0.717, 1.165) is 26.7 Å². The molecule has 4 aromatic rings. The van der Waals surface area contributed by atoms with Gasteiger partial charge in [0.2, 0.25) is 5.91 Å². The zero-order valence-corrected chi connectivity index (χ0v) is 17.6. The number of rotatable bonds is 5. The zero-order chi connectivity index (χ0) is 20.2. The Kier molecular flexibility index (Phi) is 5.95. The quantitative estimate of drug-likeness (QED) is 0.365.